The Kier molecular flexibility index (Phi) is 4.66. The molecule has 0 amide bonds. The number of ether oxygens (including phenoxy) is 1. The van der Waals surface area contributed by atoms with E-state index in [1.54, 1.807) is 25.5 Å². The molecule has 5 heteroatoms. The van der Waals surface area contributed by atoms with E-state index in [9.17, 15) is 4.39 Å². The Labute approximate surface area is 145 Å². The molecule has 0 unspecified atom stereocenters. The van der Waals surface area contributed by atoms with Gasteiger partial charge < -0.3 is 15.5 Å². The molecule has 126 valence electrons. The van der Waals surface area contributed by atoms with Crippen LogP contribution in [0.4, 0.5) is 4.39 Å². The molecule has 25 heavy (non-hydrogen) atoms. The summed E-state index contributed by atoms with van der Waals surface area (Å²) in [6, 6.07) is 9.77. The Morgan fingerprint density at radius 1 is 1.28 bits per heavy atom. The van der Waals surface area contributed by atoms with Crippen molar-refractivity contribution < 1.29 is 9.13 Å². The highest BCUT2D eigenvalue weighted by atomic mass is 19.1. The third-order valence-electron chi connectivity index (χ3n) is 3.90. The molecule has 0 saturated carbocycles. The van der Waals surface area contributed by atoms with E-state index < -0.39 is 5.95 Å². The van der Waals surface area contributed by atoms with E-state index in [0.29, 0.717) is 0 Å². The molecule has 0 atom stereocenters. The molecule has 0 fully saturated rings. The van der Waals surface area contributed by atoms with Crippen LogP contribution in [0.5, 0.6) is 5.75 Å². The summed E-state index contributed by atoms with van der Waals surface area (Å²) >= 11 is 0. The maximum Gasteiger partial charge on any atom is 0.184 e. The molecule has 0 saturated heterocycles. The lowest BCUT2D eigenvalue weighted by atomic mass is 10.0. The van der Waals surface area contributed by atoms with Gasteiger partial charge in [0.05, 0.1) is 7.11 Å². The summed E-state index contributed by atoms with van der Waals surface area (Å²) in [5, 5.41) is 0.937. The van der Waals surface area contributed by atoms with Gasteiger partial charge in [0.15, 0.2) is 5.95 Å². The molecule has 0 aliphatic carbocycles. The number of aromatic nitrogens is 2. The average Bonchev–Trinajstić information content (AvgIpc) is 3.05. The van der Waals surface area contributed by atoms with Crippen LogP contribution in [0.1, 0.15) is 5.56 Å². The molecule has 3 aromatic rings. The van der Waals surface area contributed by atoms with E-state index in [-0.39, 0.29) is 0 Å². The van der Waals surface area contributed by atoms with Gasteiger partial charge in [-0.3, -0.25) is 0 Å². The first kappa shape index (κ1) is 16.5. The zero-order chi connectivity index (χ0) is 17.8. The Morgan fingerprint density at radius 2 is 2.08 bits per heavy atom. The minimum absolute atomic E-state index is 0.724. The van der Waals surface area contributed by atoms with Gasteiger partial charge in [0.2, 0.25) is 0 Å². The number of methoxy groups -OCH3 is 1. The van der Waals surface area contributed by atoms with Crippen LogP contribution in [-0.2, 0) is 0 Å². The third-order valence-corrected chi connectivity index (χ3v) is 3.90. The number of nitrogens with two attached hydrogens (primary N) is 1. The van der Waals surface area contributed by atoms with E-state index in [4.69, 9.17) is 10.5 Å². The van der Waals surface area contributed by atoms with Crippen LogP contribution in [0.25, 0.3) is 27.7 Å². The number of rotatable bonds is 5. The predicted octanol–water partition coefficient (Wildman–Crippen LogP) is 4.58. The summed E-state index contributed by atoms with van der Waals surface area (Å²) in [4.78, 5) is 7.62. The normalized spacial score (nSPS) is 12.4. The average molecular weight is 335 g/mol. The van der Waals surface area contributed by atoms with Crippen molar-refractivity contribution in [2.24, 2.45) is 5.73 Å². The minimum Gasteiger partial charge on any atom is -0.496 e. The van der Waals surface area contributed by atoms with Gasteiger partial charge in [0.25, 0.3) is 0 Å². The van der Waals surface area contributed by atoms with Gasteiger partial charge >= 0.3 is 0 Å². The van der Waals surface area contributed by atoms with Crippen molar-refractivity contribution in [3.8, 4) is 16.9 Å². The Bertz CT molecular complexity index is 982. The number of hydrogen-bond donors (Lipinski definition) is 2. The van der Waals surface area contributed by atoms with Crippen LogP contribution in [0.2, 0.25) is 0 Å². The second-order valence-corrected chi connectivity index (χ2v) is 5.40. The van der Waals surface area contributed by atoms with Crippen LogP contribution in [0, 0.1) is 0 Å². The number of nitrogens with zero attached hydrogens (tertiary/aromatic N) is 1. The molecule has 0 aliphatic rings. The highest BCUT2D eigenvalue weighted by molar-refractivity contribution is 5.97. The summed E-state index contributed by atoms with van der Waals surface area (Å²) in [6.45, 7) is 3.77. The zero-order valence-corrected chi connectivity index (χ0v) is 13.8. The van der Waals surface area contributed by atoms with Crippen molar-refractivity contribution in [3.05, 3.63) is 79.0 Å². The van der Waals surface area contributed by atoms with Gasteiger partial charge in [0, 0.05) is 34.5 Å². The SMILES string of the molecule is C=C/C(=C\C=C(/N)F)c1cnc2[nH]cc(-c3ccccc3OC)c2c1. The Balaban J connectivity index is 2.16. The smallest absolute Gasteiger partial charge is 0.184 e. The molecule has 2 heterocycles. The number of aromatic amines is 1. The summed E-state index contributed by atoms with van der Waals surface area (Å²) in [6.07, 6.45) is 8.01. The standard InChI is InChI=1S/C20H18FN3O/c1-3-13(8-9-19(21)22)14-10-16-17(12-24-20(16)23-11-14)15-6-4-5-7-18(15)25-2/h3-12H,1,22H2,2H3,(H,23,24)/b13-8+,19-9-. The summed E-state index contributed by atoms with van der Waals surface area (Å²) in [5.41, 5.74) is 9.30. The molecule has 2 aromatic heterocycles. The maximum absolute atomic E-state index is 12.8. The third kappa shape index (κ3) is 3.30. The van der Waals surface area contributed by atoms with Crippen molar-refractivity contribution in [2.75, 3.05) is 7.11 Å². The first-order valence-corrected chi connectivity index (χ1v) is 7.70. The van der Waals surface area contributed by atoms with Crippen molar-refractivity contribution in [3.63, 3.8) is 0 Å². The number of allylic oxidation sites excluding steroid dienone is 4. The molecular formula is C20H18FN3O. The molecule has 0 spiro atoms. The van der Waals surface area contributed by atoms with Crippen molar-refractivity contribution in [2.45, 2.75) is 0 Å². The molecule has 3 N–H and O–H groups in total. The van der Waals surface area contributed by atoms with E-state index in [1.165, 1.54) is 6.08 Å². The fourth-order valence-corrected chi connectivity index (χ4v) is 2.70. The van der Waals surface area contributed by atoms with E-state index >= 15 is 0 Å². The van der Waals surface area contributed by atoms with Crippen molar-refractivity contribution >= 4 is 16.6 Å². The van der Waals surface area contributed by atoms with Crippen molar-refractivity contribution in [1.82, 2.24) is 9.97 Å². The van der Waals surface area contributed by atoms with Crippen LogP contribution in [-0.4, -0.2) is 17.1 Å². The molecule has 0 radical (unpaired) electrons. The van der Waals surface area contributed by atoms with Crippen LogP contribution in [0.15, 0.2) is 73.5 Å². The lowest BCUT2D eigenvalue weighted by Crippen LogP contribution is -1.89. The first-order chi connectivity index (χ1) is 12.1. The molecular weight excluding hydrogens is 317 g/mol. The number of benzene rings is 1. The number of fused-ring (bicyclic) bond motifs is 1. The van der Waals surface area contributed by atoms with Crippen LogP contribution >= 0.6 is 0 Å². The van der Waals surface area contributed by atoms with Gasteiger partial charge in [0.1, 0.15) is 11.4 Å². The van der Waals surface area contributed by atoms with Crippen LogP contribution < -0.4 is 10.5 Å². The van der Waals surface area contributed by atoms with Gasteiger partial charge in [-0.25, -0.2) is 4.98 Å². The fraction of sp³-hybridized carbons (Fsp3) is 0.0500. The number of nitrogens with one attached hydrogen (secondary N) is 1. The molecule has 0 bridgehead atoms. The minimum atomic E-state index is -0.759. The Hall–Kier alpha value is -3.34. The lowest BCUT2D eigenvalue weighted by molar-refractivity contribution is 0.416. The lowest BCUT2D eigenvalue weighted by Gasteiger charge is -2.08. The predicted molar refractivity (Wildman–Crippen MR) is 99.6 cm³/mol. The largest absolute Gasteiger partial charge is 0.496 e. The number of pyridine rings is 1. The van der Waals surface area contributed by atoms with Crippen molar-refractivity contribution in [1.29, 1.82) is 0 Å². The second-order valence-electron chi connectivity index (χ2n) is 5.40. The Morgan fingerprint density at radius 3 is 2.80 bits per heavy atom. The molecule has 3 rings (SSSR count). The fourth-order valence-electron chi connectivity index (χ4n) is 2.70. The van der Waals surface area contributed by atoms with Gasteiger partial charge in [-0.15, -0.1) is 0 Å². The highest BCUT2D eigenvalue weighted by Gasteiger charge is 2.12. The van der Waals surface area contributed by atoms with Gasteiger partial charge in [-0.1, -0.05) is 30.9 Å². The van der Waals surface area contributed by atoms with E-state index in [2.05, 4.69) is 16.5 Å². The van der Waals surface area contributed by atoms with Crippen LogP contribution in [0.3, 0.4) is 0 Å². The number of H-pyrrole nitrogens is 1. The van der Waals surface area contributed by atoms with E-state index in [1.807, 2.05) is 36.5 Å². The molecule has 1 aromatic carbocycles. The van der Waals surface area contributed by atoms with Gasteiger partial charge in [-0.2, -0.15) is 4.39 Å². The number of halogens is 1. The summed E-state index contributed by atoms with van der Waals surface area (Å²) in [7, 11) is 1.64. The maximum atomic E-state index is 12.8. The molecule has 0 aliphatic heterocycles. The molecule has 4 nitrogen and oxygen atoms in total. The van der Waals surface area contributed by atoms with Gasteiger partial charge in [-0.05, 0) is 29.9 Å². The second kappa shape index (κ2) is 7.05. The number of para-hydroxylation sites is 1. The first-order valence-electron chi connectivity index (χ1n) is 7.70. The summed E-state index contributed by atoms with van der Waals surface area (Å²) < 4.78 is 18.3. The number of hydrogen-bond acceptors (Lipinski definition) is 3. The summed E-state index contributed by atoms with van der Waals surface area (Å²) in [5.74, 6) is 0.0196. The monoisotopic (exact) mass is 335 g/mol. The quantitative estimate of drug-likeness (QED) is 0.530. The zero-order valence-electron chi connectivity index (χ0n) is 13.8. The topological polar surface area (TPSA) is 63.9 Å². The highest BCUT2D eigenvalue weighted by Crippen LogP contribution is 2.35. The van der Waals surface area contributed by atoms with E-state index in [0.717, 1.165) is 39.0 Å².